The molecule has 1 aliphatic heterocycles. The third-order valence-corrected chi connectivity index (χ3v) is 4.10. The largest absolute Gasteiger partial charge is 0.508 e. The van der Waals surface area contributed by atoms with Crippen molar-refractivity contribution in [3.63, 3.8) is 0 Å². The number of carbonyl (C=O) groups is 2. The number of aromatic hydroxyl groups is 1. The van der Waals surface area contributed by atoms with E-state index in [-0.39, 0.29) is 11.3 Å². The number of amides is 1. The molecular weight excluding hydrogens is 290 g/mol. The Hall–Kier alpha value is -2.60. The lowest BCUT2D eigenvalue weighted by Gasteiger charge is -2.14. The van der Waals surface area contributed by atoms with Crippen LogP contribution >= 0.6 is 11.3 Å². The second-order valence-electron chi connectivity index (χ2n) is 4.57. The zero-order valence-corrected chi connectivity index (χ0v) is 11.6. The van der Waals surface area contributed by atoms with E-state index in [2.05, 4.69) is 5.32 Å². The molecule has 1 aromatic carbocycles. The molecule has 1 atom stereocenters. The van der Waals surface area contributed by atoms with Crippen molar-refractivity contribution in [2.75, 3.05) is 0 Å². The first-order valence-corrected chi connectivity index (χ1v) is 7.07. The first-order valence-electron chi connectivity index (χ1n) is 6.19. The highest BCUT2D eigenvalue weighted by Gasteiger charge is 2.37. The van der Waals surface area contributed by atoms with Crippen LogP contribution in [0.25, 0.3) is 0 Å². The van der Waals surface area contributed by atoms with Crippen LogP contribution in [0.15, 0.2) is 53.1 Å². The van der Waals surface area contributed by atoms with Gasteiger partial charge >= 0.3 is 0 Å². The molecule has 3 rings (SSSR count). The number of nitrogens with one attached hydrogen (secondary N) is 1. The molecule has 1 aromatic heterocycles. The maximum absolute atomic E-state index is 12.5. The molecule has 0 aliphatic carbocycles. The van der Waals surface area contributed by atoms with Crippen molar-refractivity contribution in [2.24, 2.45) is 0 Å². The van der Waals surface area contributed by atoms with Crippen LogP contribution in [-0.2, 0) is 4.79 Å². The molecule has 2 heterocycles. The van der Waals surface area contributed by atoms with E-state index < -0.39 is 23.5 Å². The van der Waals surface area contributed by atoms with E-state index in [4.69, 9.17) is 0 Å². The summed E-state index contributed by atoms with van der Waals surface area (Å²) in [6, 6.07) is 8.82. The zero-order chi connectivity index (χ0) is 15.0. The standard InChI is InChI=1S/C15H11NO4S/c17-9-4-1-3-8(7-9)12-11(14(19)15(20)16-12)13(18)10-5-2-6-21-10/h1-7,12,17,19H,(H,16,20). The summed E-state index contributed by atoms with van der Waals surface area (Å²) in [5, 5.41) is 23.8. The normalized spacial score (nSPS) is 17.9. The Kier molecular flexibility index (Phi) is 3.23. The first kappa shape index (κ1) is 13.4. The lowest BCUT2D eigenvalue weighted by Crippen LogP contribution is -2.23. The van der Waals surface area contributed by atoms with Gasteiger partial charge in [0.2, 0.25) is 5.78 Å². The number of phenols is 1. The van der Waals surface area contributed by atoms with E-state index in [1.165, 1.54) is 23.5 Å². The SMILES string of the molecule is O=C1NC(c2cccc(O)c2)C(C(=O)c2cccs2)=C1O. The highest BCUT2D eigenvalue weighted by molar-refractivity contribution is 7.12. The van der Waals surface area contributed by atoms with Gasteiger partial charge in [0.15, 0.2) is 5.76 Å². The summed E-state index contributed by atoms with van der Waals surface area (Å²) in [4.78, 5) is 24.6. The summed E-state index contributed by atoms with van der Waals surface area (Å²) < 4.78 is 0. The molecule has 0 radical (unpaired) electrons. The number of aliphatic hydroxyl groups is 1. The van der Waals surface area contributed by atoms with Gasteiger partial charge in [0, 0.05) is 0 Å². The van der Waals surface area contributed by atoms with Crippen LogP contribution in [0.2, 0.25) is 0 Å². The number of hydrogen-bond acceptors (Lipinski definition) is 5. The van der Waals surface area contributed by atoms with Crippen LogP contribution in [0.5, 0.6) is 5.75 Å². The lowest BCUT2D eigenvalue weighted by atomic mass is 9.96. The summed E-state index contributed by atoms with van der Waals surface area (Å²) in [5.41, 5.74) is 0.542. The van der Waals surface area contributed by atoms with Crippen molar-refractivity contribution >= 4 is 23.0 Å². The molecule has 5 nitrogen and oxygen atoms in total. The maximum Gasteiger partial charge on any atom is 0.287 e. The van der Waals surface area contributed by atoms with Crippen molar-refractivity contribution in [1.29, 1.82) is 0 Å². The van der Waals surface area contributed by atoms with Crippen LogP contribution in [0, 0.1) is 0 Å². The number of carbonyl (C=O) groups excluding carboxylic acids is 2. The van der Waals surface area contributed by atoms with Crippen LogP contribution in [-0.4, -0.2) is 21.9 Å². The predicted octanol–water partition coefficient (Wildman–Crippen LogP) is 2.32. The molecule has 6 heteroatoms. The predicted molar refractivity (Wildman–Crippen MR) is 77.3 cm³/mol. The number of hydrogen-bond donors (Lipinski definition) is 3. The molecule has 1 amide bonds. The number of aliphatic hydroxyl groups excluding tert-OH is 1. The van der Waals surface area contributed by atoms with Gasteiger partial charge in [0.1, 0.15) is 5.75 Å². The van der Waals surface area contributed by atoms with E-state index in [9.17, 15) is 19.8 Å². The van der Waals surface area contributed by atoms with Gasteiger partial charge in [-0.2, -0.15) is 0 Å². The Balaban J connectivity index is 2.06. The van der Waals surface area contributed by atoms with E-state index in [0.717, 1.165) is 0 Å². The molecule has 3 N–H and O–H groups in total. The highest BCUT2D eigenvalue weighted by Crippen LogP contribution is 2.33. The Labute approximate surface area is 124 Å². The highest BCUT2D eigenvalue weighted by atomic mass is 32.1. The van der Waals surface area contributed by atoms with Crippen molar-refractivity contribution in [2.45, 2.75) is 6.04 Å². The van der Waals surface area contributed by atoms with Crippen LogP contribution in [0.4, 0.5) is 0 Å². The number of benzene rings is 1. The van der Waals surface area contributed by atoms with Crippen molar-refractivity contribution < 1.29 is 19.8 Å². The van der Waals surface area contributed by atoms with Gasteiger partial charge in [-0.15, -0.1) is 11.3 Å². The smallest absolute Gasteiger partial charge is 0.287 e. The Morgan fingerprint density at radius 1 is 1.19 bits per heavy atom. The number of thiophene rings is 1. The zero-order valence-electron chi connectivity index (χ0n) is 10.7. The summed E-state index contributed by atoms with van der Waals surface area (Å²) in [6.45, 7) is 0. The van der Waals surface area contributed by atoms with E-state index in [0.29, 0.717) is 10.4 Å². The van der Waals surface area contributed by atoms with Crippen LogP contribution in [0.3, 0.4) is 0 Å². The minimum Gasteiger partial charge on any atom is -0.508 e. The molecule has 0 saturated heterocycles. The quantitative estimate of drug-likeness (QED) is 0.759. The molecule has 0 spiro atoms. The Morgan fingerprint density at radius 2 is 2.00 bits per heavy atom. The molecule has 2 aromatic rings. The van der Waals surface area contributed by atoms with Gasteiger partial charge in [-0.05, 0) is 29.1 Å². The number of phenolic OH excluding ortho intramolecular Hbond substituents is 1. The molecule has 0 saturated carbocycles. The number of rotatable bonds is 3. The molecule has 0 fully saturated rings. The molecule has 106 valence electrons. The van der Waals surface area contributed by atoms with Gasteiger partial charge in [-0.25, -0.2) is 0 Å². The summed E-state index contributed by atoms with van der Waals surface area (Å²) in [7, 11) is 0. The summed E-state index contributed by atoms with van der Waals surface area (Å²) in [5.74, 6) is -1.63. The molecule has 0 bridgehead atoms. The molecule has 21 heavy (non-hydrogen) atoms. The second kappa shape index (κ2) is 5.06. The first-order chi connectivity index (χ1) is 10.1. The van der Waals surface area contributed by atoms with Crippen molar-refractivity contribution in [3.8, 4) is 5.75 Å². The fourth-order valence-electron chi connectivity index (χ4n) is 2.26. The van der Waals surface area contributed by atoms with Gasteiger partial charge in [-0.1, -0.05) is 18.2 Å². The number of Topliss-reactive ketones (excluding diaryl/α,β-unsaturated/α-hetero) is 1. The maximum atomic E-state index is 12.5. The van der Waals surface area contributed by atoms with Gasteiger partial charge in [0.25, 0.3) is 5.91 Å². The number of ketones is 1. The minimum absolute atomic E-state index is 0.00745. The van der Waals surface area contributed by atoms with E-state index in [1.54, 1.807) is 29.6 Å². The topological polar surface area (TPSA) is 86.6 Å². The van der Waals surface area contributed by atoms with Gasteiger partial charge in [-0.3, -0.25) is 9.59 Å². The fraction of sp³-hybridized carbons (Fsp3) is 0.0667. The lowest BCUT2D eigenvalue weighted by molar-refractivity contribution is -0.119. The van der Waals surface area contributed by atoms with Crippen LogP contribution in [0.1, 0.15) is 21.3 Å². The Bertz CT molecular complexity index is 749. The second-order valence-corrected chi connectivity index (χ2v) is 5.52. The van der Waals surface area contributed by atoms with Crippen LogP contribution < -0.4 is 5.32 Å². The minimum atomic E-state index is -0.765. The fourth-order valence-corrected chi connectivity index (χ4v) is 2.94. The third kappa shape index (κ3) is 2.30. The average Bonchev–Trinajstić information content (AvgIpc) is 3.08. The molecular formula is C15H11NO4S. The summed E-state index contributed by atoms with van der Waals surface area (Å²) in [6.07, 6.45) is 0. The van der Waals surface area contributed by atoms with Crippen molar-refractivity contribution in [1.82, 2.24) is 5.32 Å². The van der Waals surface area contributed by atoms with Gasteiger partial charge < -0.3 is 15.5 Å². The average molecular weight is 301 g/mol. The molecule has 1 aliphatic rings. The van der Waals surface area contributed by atoms with E-state index in [1.807, 2.05) is 0 Å². The molecule has 1 unspecified atom stereocenters. The monoisotopic (exact) mass is 301 g/mol. The third-order valence-electron chi connectivity index (χ3n) is 3.23. The van der Waals surface area contributed by atoms with Gasteiger partial charge in [0.05, 0.1) is 16.5 Å². The Morgan fingerprint density at radius 3 is 2.67 bits per heavy atom. The summed E-state index contributed by atoms with van der Waals surface area (Å²) >= 11 is 1.24. The van der Waals surface area contributed by atoms with Crippen molar-refractivity contribution in [3.05, 3.63) is 63.6 Å². The van der Waals surface area contributed by atoms with E-state index >= 15 is 0 Å².